The number of carbonyl (C=O) groups is 1. The van der Waals surface area contributed by atoms with Crippen molar-refractivity contribution in [2.45, 2.75) is 49.8 Å². The maximum Gasteiger partial charge on any atom is 0.404 e. The Morgan fingerprint density at radius 2 is 1.91 bits per heavy atom. The van der Waals surface area contributed by atoms with E-state index in [-0.39, 0.29) is 12.5 Å². The van der Waals surface area contributed by atoms with Crippen molar-refractivity contribution < 1.29 is 28.6 Å². The molecule has 0 bridgehead atoms. The van der Waals surface area contributed by atoms with Crippen LogP contribution in [0, 0.1) is 6.92 Å². The second-order valence-electron chi connectivity index (χ2n) is 8.22. The lowest BCUT2D eigenvalue weighted by molar-refractivity contribution is 0.145. The van der Waals surface area contributed by atoms with E-state index in [2.05, 4.69) is 0 Å². The molecule has 1 amide bonds. The van der Waals surface area contributed by atoms with Crippen LogP contribution in [0.1, 0.15) is 42.4 Å². The average molecular weight is 540 g/mol. The summed E-state index contributed by atoms with van der Waals surface area (Å²) in [6, 6.07) is 12.7. The standard InChI is InChI=1S/C23H27ClN3O6PS/c1-14(2)21-22(35-19-9-15(3)8-17(24)10-19)27(20(26-21)12-32-23(25)28)11-16-4-6-18(7-5-16)33-13-34(29,30)31/h4-10,14H,11-13H2,1-3H3,(H2,25,28)(H2,29,30,31). The van der Waals surface area contributed by atoms with Gasteiger partial charge in [-0.05, 0) is 54.3 Å². The Labute approximate surface area is 212 Å². The summed E-state index contributed by atoms with van der Waals surface area (Å²) in [6.45, 7) is 6.35. The molecule has 0 aliphatic carbocycles. The first kappa shape index (κ1) is 27.1. The third kappa shape index (κ3) is 8.02. The Morgan fingerprint density at radius 1 is 1.23 bits per heavy atom. The molecule has 0 radical (unpaired) electrons. The van der Waals surface area contributed by atoms with Crippen LogP contribution in [0.3, 0.4) is 0 Å². The number of aryl methyl sites for hydroxylation is 1. The molecule has 0 saturated carbocycles. The zero-order valence-electron chi connectivity index (χ0n) is 19.5. The highest BCUT2D eigenvalue weighted by molar-refractivity contribution is 7.99. The molecule has 188 valence electrons. The second-order valence-corrected chi connectivity index (χ2v) is 11.3. The minimum Gasteiger partial charge on any atom is -0.481 e. The SMILES string of the molecule is Cc1cc(Cl)cc(Sc2c(C(C)C)nc(COC(N)=O)n2Cc2ccc(OCP(=O)(O)O)cc2)c1. The summed E-state index contributed by atoms with van der Waals surface area (Å²) in [6.07, 6.45) is -1.59. The summed E-state index contributed by atoms with van der Waals surface area (Å²) in [5, 5.41) is 1.51. The molecular weight excluding hydrogens is 513 g/mol. The topological polar surface area (TPSA) is 137 Å². The molecule has 35 heavy (non-hydrogen) atoms. The molecular formula is C23H27ClN3O6PS. The van der Waals surface area contributed by atoms with Crippen molar-refractivity contribution in [3.63, 3.8) is 0 Å². The first-order valence-electron chi connectivity index (χ1n) is 10.6. The number of imidazole rings is 1. The van der Waals surface area contributed by atoms with Crippen LogP contribution in [0.15, 0.2) is 52.4 Å². The zero-order chi connectivity index (χ0) is 25.8. The van der Waals surface area contributed by atoms with Gasteiger partial charge in [-0.25, -0.2) is 9.78 Å². The fourth-order valence-electron chi connectivity index (χ4n) is 3.30. The Morgan fingerprint density at radius 3 is 2.49 bits per heavy atom. The minimum atomic E-state index is -4.27. The van der Waals surface area contributed by atoms with Crippen LogP contribution < -0.4 is 10.5 Å². The third-order valence-corrected chi connectivity index (χ3v) is 6.59. The number of carbonyl (C=O) groups excluding carboxylic acids is 1. The molecule has 9 nitrogen and oxygen atoms in total. The number of primary amides is 1. The molecule has 3 aromatic rings. The fraction of sp³-hybridized carbons (Fsp3) is 0.304. The van der Waals surface area contributed by atoms with E-state index in [1.807, 2.05) is 43.5 Å². The quantitative estimate of drug-likeness (QED) is 0.296. The smallest absolute Gasteiger partial charge is 0.404 e. The van der Waals surface area contributed by atoms with E-state index in [9.17, 15) is 9.36 Å². The van der Waals surface area contributed by atoms with Crippen LogP contribution in [0.5, 0.6) is 5.75 Å². The van der Waals surface area contributed by atoms with E-state index >= 15 is 0 Å². The first-order valence-corrected chi connectivity index (χ1v) is 13.6. The first-order chi connectivity index (χ1) is 16.4. The molecule has 0 unspecified atom stereocenters. The van der Waals surface area contributed by atoms with Gasteiger partial charge in [-0.2, -0.15) is 0 Å². The Kier molecular flexibility index (Phi) is 8.90. The van der Waals surface area contributed by atoms with E-state index in [4.69, 9.17) is 41.6 Å². The molecule has 4 N–H and O–H groups in total. The average Bonchev–Trinajstić information content (AvgIpc) is 3.08. The Balaban J connectivity index is 1.98. The van der Waals surface area contributed by atoms with E-state index in [1.54, 1.807) is 24.3 Å². The fourth-order valence-corrected chi connectivity index (χ4v) is 5.29. The Hall–Kier alpha value is -2.49. The summed E-state index contributed by atoms with van der Waals surface area (Å²) in [4.78, 5) is 35.0. The second kappa shape index (κ2) is 11.5. The summed E-state index contributed by atoms with van der Waals surface area (Å²) in [5.41, 5.74) is 7.95. The van der Waals surface area contributed by atoms with E-state index < -0.39 is 20.0 Å². The number of rotatable bonds is 10. The molecule has 0 spiro atoms. The third-order valence-electron chi connectivity index (χ3n) is 4.81. The van der Waals surface area contributed by atoms with Gasteiger partial charge >= 0.3 is 13.7 Å². The highest BCUT2D eigenvalue weighted by Gasteiger charge is 2.22. The van der Waals surface area contributed by atoms with Crippen molar-refractivity contribution in [3.8, 4) is 5.75 Å². The molecule has 1 aromatic heterocycles. The predicted molar refractivity (Wildman–Crippen MR) is 134 cm³/mol. The van der Waals surface area contributed by atoms with Crippen LogP contribution in [-0.4, -0.2) is 31.8 Å². The van der Waals surface area contributed by atoms with Gasteiger partial charge in [0.05, 0.1) is 5.69 Å². The van der Waals surface area contributed by atoms with Crippen molar-refractivity contribution >= 4 is 37.1 Å². The molecule has 0 aliphatic rings. The normalized spacial score (nSPS) is 11.6. The van der Waals surface area contributed by atoms with Crippen molar-refractivity contribution in [1.82, 2.24) is 9.55 Å². The number of hydrogen-bond donors (Lipinski definition) is 3. The molecule has 3 rings (SSSR count). The van der Waals surface area contributed by atoms with Crippen molar-refractivity contribution in [3.05, 3.63) is 70.1 Å². The number of nitrogens with two attached hydrogens (primary N) is 1. The van der Waals surface area contributed by atoms with Gasteiger partial charge in [0, 0.05) is 16.5 Å². The minimum absolute atomic E-state index is 0.0896. The molecule has 2 aromatic carbocycles. The molecule has 0 fully saturated rings. The predicted octanol–water partition coefficient (Wildman–Crippen LogP) is 5.28. The number of ether oxygens (including phenoxy) is 2. The number of halogens is 1. The maximum atomic E-state index is 11.3. The lowest BCUT2D eigenvalue weighted by Crippen LogP contribution is -2.15. The molecule has 1 heterocycles. The van der Waals surface area contributed by atoms with Gasteiger partial charge in [0.2, 0.25) is 0 Å². The molecule has 0 atom stereocenters. The van der Waals surface area contributed by atoms with Gasteiger partial charge < -0.3 is 29.6 Å². The van der Waals surface area contributed by atoms with Gasteiger partial charge in [0.15, 0.2) is 13.0 Å². The van der Waals surface area contributed by atoms with Gasteiger partial charge in [-0.15, -0.1) is 0 Å². The van der Waals surface area contributed by atoms with E-state index in [0.717, 1.165) is 26.7 Å². The summed E-state index contributed by atoms with van der Waals surface area (Å²) in [5.74, 6) is 0.970. The number of benzene rings is 2. The monoisotopic (exact) mass is 539 g/mol. The van der Waals surface area contributed by atoms with Crippen molar-refractivity contribution in [2.75, 3.05) is 6.35 Å². The highest BCUT2D eigenvalue weighted by atomic mass is 35.5. The lowest BCUT2D eigenvalue weighted by atomic mass is 10.1. The van der Waals surface area contributed by atoms with E-state index in [0.29, 0.717) is 23.1 Å². The van der Waals surface area contributed by atoms with E-state index in [1.165, 1.54) is 11.8 Å². The molecule has 0 saturated heterocycles. The Bertz CT molecular complexity index is 1220. The lowest BCUT2D eigenvalue weighted by Gasteiger charge is -2.14. The summed E-state index contributed by atoms with van der Waals surface area (Å²) >= 11 is 7.80. The van der Waals surface area contributed by atoms with Crippen LogP contribution in [0.2, 0.25) is 5.02 Å². The number of amides is 1. The zero-order valence-corrected chi connectivity index (χ0v) is 21.9. The van der Waals surface area contributed by atoms with Gasteiger partial charge in [0.1, 0.15) is 16.6 Å². The van der Waals surface area contributed by atoms with Crippen LogP contribution in [-0.2, 0) is 22.5 Å². The van der Waals surface area contributed by atoms with Gasteiger partial charge in [-0.1, -0.05) is 49.3 Å². The van der Waals surface area contributed by atoms with Gasteiger partial charge in [0.25, 0.3) is 0 Å². The molecule has 12 heteroatoms. The van der Waals surface area contributed by atoms with Crippen LogP contribution in [0.25, 0.3) is 0 Å². The number of hydrogen-bond acceptors (Lipinski definition) is 6. The number of nitrogens with zero attached hydrogens (tertiary/aromatic N) is 2. The summed E-state index contributed by atoms with van der Waals surface area (Å²) in [7, 11) is -4.27. The summed E-state index contributed by atoms with van der Waals surface area (Å²) < 4.78 is 23.2. The molecule has 0 aliphatic heterocycles. The van der Waals surface area contributed by atoms with Crippen molar-refractivity contribution in [2.24, 2.45) is 5.73 Å². The van der Waals surface area contributed by atoms with Gasteiger partial charge in [-0.3, -0.25) is 4.57 Å². The van der Waals surface area contributed by atoms with Crippen molar-refractivity contribution in [1.29, 1.82) is 0 Å². The number of aromatic nitrogens is 2. The maximum absolute atomic E-state index is 11.3. The highest BCUT2D eigenvalue weighted by Crippen LogP contribution is 2.37. The van der Waals surface area contributed by atoms with Crippen LogP contribution in [0.4, 0.5) is 4.79 Å². The van der Waals surface area contributed by atoms with Crippen LogP contribution >= 0.6 is 31.0 Å². The largest absolute Gasteiger partial charge is 0.481 e.